The fraction of sp³-hybridized carbons (Fsp3) is 0.417. The van der Waals surface area contributed by atoms with Gasteiger partial charge in [-0.05, 0) is 24.5 Å². The van der Waals surface area contributed by atoms with Crippen molar-refractivity contribution in [3.63, 3.8) is 0 Å². The van der Waals surface area contributed by atoms with E-state index >= 15 is 0 Å². The Bertz CT molecular complexity index is 358. The highest BCUT2D eigenvalue weighted by Crippen LogP contribution is 2.31. The summed E-state index contributed by atoms with van der Waals surface area (Å²) in [6.07, 6.45) is 3.74. The minimum absolute atomic E-state index is 0.0613. The van der Waals surface area contributed by atoms with Crippen LogP contribution in [0.5, 0.6) is 0 Å². The summed E-state index contributed by atoms with van der Waals surface area (Å²) in [5, 5.41) is 2.89. The van der Waals surface area contributed by atoms with Gasteiger partial charge in [-0.25, -0.2) is 0 Å². The number of benzene rings is 1. The van der Waals surface area contributed by atoms with Gasteiger partial charge in [0.2, 0.25) is 0 Å². The maximum atomic E-state index is 11.7. The predicted octanol–water partition coefficient (Wildman–Crippen LogP) is 1.80. The van der Waals surface area contributed by atoms with Crippen LogP contribution in [0.2, 0.25) is 0 Å². The zero-order valence-corrected chi connectivity index (χ0v) is 8.70. The summed E-state index contributed by atoms with van der Waals surface area (Å²) in [4.78, 5) is 11.7. The Morgan fingerprint density at radius 3 is 2.80 bits per heavy atom. The molecule has 1 fully saturated rings. The van der Waals surface area contributed by atoms with Crippen molar-refractivity contribution in [2.24, 2.45) is 5.92 Å². The molecule has 1 aromatic rings. The largest absolute Gasteiger partial charge is 0.398 e. The first kappa shape index (κ1) is 10.0. The first-order valence-electron chi connectivity index (χ1n) is 5.40. The highest BCUT2D eigenvalue weighted by Gasteiger charge is 2.20. The second-order valence-electron chi connectivity index (χ2n) is 4.08. The van der Waals surface area contributed by atoms with Crippen molar-refractivity contribution in [1.29, 1.82) is 0 Å². The van der Waals surface area contributed by atoms with Gasteiger partial charge in [0.1, 0.15) is 0 Å². The van der Waals surface area contributed by atoms with Crippen LogP contribution in [0.3, 0.4) is 0 Å². The first-order valence-corrected chi connectivity index (χ1v) is 5.40. The molecule has 0 spiro atoms. The molecular weight excluding hydrogens is 188 g/mol. The smallest absolute Gasteiger partial charge is 0.253 e. The second kappa shape index (κ2) is 4.34. The van der Waals surface area contributed by atoms with Gasteiger partial charge in [-0.2, -0.15) is 0 Å². The van der Waals surface area contributed by atoms with E-state index in [9.17, 15) is 4.79 Å². The third-order valence-electron chi connectivity index (χ3n) is 2.74. The fourth-order valence-electron chi connectivity index (χ4n) is 1.60. The van der Waals surface area contributed by atoms with Crippen LogP contribution in [-0.2, 0) is 0 Å². The molecular formula is C12H16N2O. The van der Waals surface area contributed by atoms with E-state index in [0.29, 0.717) is 11.3 Å². The molecule has 3 nitrogen and oxygen atoms in total. The van der Waals surface area contributed by atoms with Crippen molar-refractivity contribution in [3.8, 4) is 0 Å². The Hall–Kier alpha value is -1.51. The number of hydrogen-bond donors (Lipinski definition) is 2. The number of carbonyl (C=O) groups excluding carboxylic acids is 1. The Labute approximate surface area is 89.7 Å². The van der Waals surface area contributed by atoms with E-state index in [-0.39, 0.29) is 5.91 Å². The number of anilines is 1. The van der Waals surface area contributed by atoms with E-state index in [0.717, 1.165) is 18.9 Å². The van der Waals surface area contributed by atoms with E-state index in [1.165, 1.54) is 12.8 Å². The molecule has 0 aliphatic heterocycles. The first-order chi connectivity index (χ1) is 7.27. The van der Waals surface area contributed by atoms with Crippen LogP contribution >= 0.6 is 0 Å². The van der Waals surface area contributed by atoms with Gasteiger partial charge in [-0.15, -0.1) is 0 Å². The number of nitrogens with two attached hydrogens (primary N) is 1. The van der Waals surface area contributed by atoms with E-state index < -0.39 is 0 Å². The lowest BCUT2D eigenvalue weighted by Crippen LogP contribution is -2.25. The third-order valence-corrected chi connectivity index (χ3v) is 2.74. The standard InChI is InChI=1S/C12H16N2O/c13-11-4-2-1-3-10(11)12(15)14-8-7-9-5-6-9/h1-4,9H,5-8,13H2,(H,14,15). The summed E-state index contributed by atoms with van der Waals surface area (Å²) in [7, 11) is 0. The summed E-state index contributed by atoms with van der Waals surface area (Å²) in [5.41, 5.74) is 6.82. The highest BCUT2D eigenvalue weighted by atomic mass is 16.1. The minimum Gasteiger partial charge on any atom is -0.398 e. The van der Waals surface area contributed by atoms with Crippen LogP contribution in [0, 0.1) is 5.92 Å². The summed E-state index contributed by atoms with van der Waals surface area (Å²) in [5.74, 6) is 0.784. The molecule has 0 unspecified atom stereocenters. The lowest BCUT2D eigenvalue weighted by atomic mass is 10.1. The van der Waals surface area contributed by atoms with Gasteiger partial charge in [-0.1, -0.05) is 25.0 Å². The molecule has 1 aliphatic rings. The zero-order valence-electron chi connectivity index (χ0n) is 8.70. The van der Waals surface area contributed by atoms with Crippen LogP contribution in [0.25, 0.3) is 0 Å². The monoisotopic (exact) mass is 204 g/mol. The molecule has 0 bridgehead atoms. The molecule has 0 saturated heterocycles. The molecule has 3 N–H and O–H groups in total. The molecule has 1 saturated carbocycles. The van der Waals surface area contributed by atoms with Gasteiger partial charge in [-0.3, -0.25) is 4.79 Å². The number of hydrogen-bond acceptors (Lipinski definition) is 2. The van der Waals surface area contributed by atoms with Crippen LogP contribution in [0.4, 0.5) is 5.69 Å². The number of carbonyl (C=O) groups is 1. The topological polar surface area (TPSA) is 55.1 Å². The van der Waals surface area contributed by atoms with Crippen molar-refractivity contribution in [2.45, 2.75) is 19.3 Å². The average Bonchev–Trinajstić information content (AvgIpc) is 3.02. The summed E-state index contributed by atoms with van der Waals surface area (Å²) >= 11 is 0. The number of nitrogens with one attached hydrogen (secondary N) is 1. The van der Waals surface area contributed by atoms with E-state index in [1.807, 2.05) is 12.1 Å². The highest BCUT2D eigenvalue weighted by molar-refractivity contribution is 5.98. The number of amides is 1. The van der Waals surface area contributed by atoms with Crippen LogP contribution in [0.1, 0.15) is 29.6 Å². The molecule has 0 radical (unpaired) electrons. The van der Waals surface area contributed by atoms with Crippen molar-refractivity contribution in [3.05, 3.63) is 29.8 Å². The maximum Gasteiger partial charge on any atom is 0.253 e. The van der Waals surface area contributed by atoms with Gasteiger partial charge in [0, 0.05) is 12.2 Å². The SMILES string of the molecule is Nc1ccccc1C(=O)NCCC1CC1. The van der Waals surface area contributed by atoms with E-state index in [4.69, 9.17) is 5.73 Å². The Kier molecular flexibility index (Phi) is 2.90. The zero-order chi connectivity index (χ0) is 10.7. The Balaban J connectivity index is 1.86. The molecule has 1 aliphatic carbocycles. The fourth-order valence-corrected chi connectivity index (χ4v) is 1.60. The van der Waals surface area contributed by atoms with E-state index in [1.54, 1.807) is 12.1 Å². The summed E-state index contributed by atoms with van der Waals surface area (Å²) in [6.45, 7) is 0.762. The van der Waals surface area contributed by atoms with Crippen molar-refractivity contribution in [2.75, 3.05) is 12.3 Å². The van der Waals surface area contributed by atoms with Crippen LogP contribution < -0.4 is 11.1 Å². The quantitative estimate of drug-likeness (QED) is 0.735. The van der Waals surface area contributed by atoms with Gasteiger partial charge in [0.15, 0.2) is 0 Å². The molecule has 0 aromatic heterocycles. The predicted molar refractivity (Wildman–Crippen MR) is 60.5 cm³/mol. The molecule has 80 valence electrons. The number of nitrogen functional groups attached to an aromatic ring is 1. The van der Waals surface area contributed by atoms with Gasteiger partial charge < -0.3 is 11.1 Å². The maximum absolute atomic E-state index is 11.7. The van der Waals surface area contributed by atoms with E-state index in [2.05, 4.69) is 5.32 Å². The van der Waals surface area contributed by atoms with Crippen molar-refractivity contribution >= 4 is 11.6 Å². The molecule has 2 rings (SSSR count). The Morgan fingerprint density at radius 2 is 2.13 bits per heavy atom. The average molecular weight is 204 g/mol. The second-order valence-corrected chi connectivity index (χ2v) is 4.08. The molecule has 3 heteroatoms. The molecule has 1 amide bonds. The van der Waals surface area contributed by atoms with Crippen molar-refractivity contribution < 1.29 is 4.79 Å². The molecule has 0 heterocycles. The summed E-state index contributed by atoms with van der Waals surface area (Å²) < 4.78 is 0. The number of para-hydroxylation sites is 1. The molecule has 0 atom stereocenters. The minimum atomic E-state index is -0.0613. The molecule has 1 aromatic carbocycles. The van der Waals surface area contributed by atoms with Crippen LogP contribution in [0.15, 0.2) is 24.3 Å². The van der Waals surface area contributed by atoms with Gasteiger partial charge >= 0.3 is 0 Å². The van der Waals surface area contributed by atoms with Crippen LogP contribution in [-0.4, -0.2) is 12.5 Å². The number of rotatable bonds is 4. The van der Waals surface area contributed by atoms with Gasteiger partial charge in [0.05, 0.1) is 5.56 Å². The lowest BCUT2D eigenvalue weighted by molar-refractivity contribution is 0.0953. The summed E-state index contributed by atoms with van der Waals surface area (Å²) in [6, 6.07) is 7.15. The van der Waals surface area contributed by atoms with Crippen molar-refractivity contribution in [1.82, 2.24) is 5.32 Å². The Morgan fingerprint density at radius 1 is 1.40 bits per heavy atom. The third kappa shape index (κ3) is 2.72. The lowest BCUT2D eigenvalue weighted by Gasteiger charge is -2.06. The molecule has 15 heavy (non-hydrogen) atoms. The van der Waals surface area contributed by atoms with Gasteiger partial charge in [0.25, 0.3) is 5.91 Å². The normalized spacial score (nSPS) is 14.9.